The Balaban J connectivity index is 4.03. The van der Waals surface area contributed by atoms with Gasteiger partial charge in [0.1, 0.15) is 0 Å². The van der Waals surface area contributed by atoms with Gasteiger partial charge in [-0.25, -0.2) is 0 Å². The van der Waals surface area contributed by atoms with Crippen LogP contribution in [0.1, 0.15) is 0 Å². The minimum atomic E-state index is -7.76. The van der Waals surface area contributed by atoms with Crippen molar-refractivity contribution in [2.24, 2.45) is 0 Å². The van der Waals surface area contributed by atoms with E-state index >= 15 is 0 Å². The molecular weight excluding hydrogens is 659 g/mol. The van der Waals surface area contributed by atoms with Gasteiger partial charge >= 0.3 is 192 Å². The first-order valence-electron chi connectivity index (χ1n) is 14.1. The average molecular weight is 726 g/mol. The van der Waals surface area contributed by atoms with Gasteiger partial charge in [-0.05, 0) is 0 Å². The molecule has 0 atom stereocenters. The molecule has 0 N–H and O–H groups in total. The molecule has 0 amide bonds. The molecule has 198 valence electrons. The Morgan fingerprint density at radius 3 is 0.818 bits per heavy atom. The van der Waals surface area contributed by atoms with Gasteiger partial charge in [0, 0.05) is 0 Å². The second-order valence-corrected chi connectivity index (χ2v) is 838. The average Bonchev–Trinajstić information content (AvgIpc) is 2.91. The molecule has 0 radical (unpaired) electrons. The van der Waals surface area contributed by atoms with Crippen molar-refractivity contribution in [2.45, 2.75) is 95.2 Å². The maximum atomic E-state index is 3.05. The summed E-state index contributed by atoms with van der Waals surface area (Å²) in [4.78, 5) is 0. The van der Waals surface area contributed by atoms with E-state index in [-0.39, 0.29) is 6.34 Å². The van der Waals surface area contributed by atoms with Crippen LogP contribution in [0, 0.1) is 0 Å². The second-order valence-electron chi connectivity index (χ2n) is 48.1. The summed E-state index contributed by atoms with van der Waals surface area (Å²) in [5, 5.41) is 0. The first kappa shape index (κ1) is 30.4. The molecule has 0 saturated heterocycles. The Kier molecular flexibility index (Phi) is 1.98. The van der Waals surface area contributed by atoms with E-state index in [0.29, 0.717) is 0 Å². The minimum absolute atomic E-state index is 0.109. The number of hydrogen-bond donors (Lipinski definition) is 0. The van der Waals surface area contributed by atoms with Crippen molar-refractivity contribution in [1.82, 2.24) is 0 Å². The summed E-state index contributed by atoms with van der Waals surface area (Å²) in [7, 11) is 1.15. The zero-order valence-electron chi connectivity index (χ0n) is 26.5. The van der Waals surface area contributed by atoms with E-state index in [2.05, 4.69) is 125 Å². The molecule has 0 spiro atoms. The van der Waals surface area contributed by atoms with E-state index in [4.69, 9.17) is 0 Å². The Hall–Kier alpha value is 1.13. The van der Waals surface area contributed by atoms with Crippen molar-refractivity contribution < 1.29 is 1.95 Å². The second kappa shape index (κ2) is 2.15. The maximum absolute atomic E-state index is 7.76. The fraction of sp³-hybridized carbons (Fsp3) is 0.692. The first-order chi connectivity index (χ1) is 12.3. The van der Waals surface area contributed by atoms with Crippen molar-refractivity contribution in [3.8, 4) is 0 Å². The van der Waals surface area contributed by atoms with Crippen LogP contribution in [-0.2, 0) is 1.95 Å². The summed E-state index contributed by atoms with van der Waals surface area (Å²) in [6.07, 6.45) is 20.9. The van der Waals surface area contributed by atoms with Crippen LogP contribution >= 0.6 is 0 Å². The summed E-state index contributed by atoms with van der Waals surface area (Å²) in [5.74, 6) is 0. The van der Waals surface area contributed by atoms with Gasteiger partial charge in [-0.1, -0.05) is 0 Å². The molecule has 0 aromatic carbocycles. The van der Waals surface area contributed by atoms with E-state index in [0.717, 1.165) is 29.7 Å². The summed E-state index contributed by atoms with van der Waals surface area (Å²) in [6, 6.07) is 2.56. The molecule has 2 aliphatic rings. The summed E-state index contributed by atoms with van der Waals surface area (Å²) >= 11 is 0. The molecule has 0 bridgehead atoms. The third-order valence-electron chi connectivity index (χ3n) is 15.1. The summed E-state index contributed by atoms with van der Waals surface area (Å²) < 4.78 is 16.5. The van der Waals surface area contributed by atoms with E-state index in [1.165, 1.54) is 12.1 Å². The van der Waals surface area contributed by atoms with Crippen LogP contribution in [0.2, 0.25) is 95.2 Å². The van der Waals surface area contributed by atoms with Crippen LogP contribution in [-0.4, -0.2) is 45.9 Å². The van der Waals surface area contributed by atoms with Crippen LogP contribution in [0.25, 0.3) is 0 Å². The van der Waals surface area contributed by atoms with Crippen molar-refractivity contribution >= 4 is 45.9 Å². The SMILES string of the molecule is C[Si](C)(C)C[C]1([Hf]([CH3])([CH3])([CH3])([CH3])([CH3])([CH3])([CH3])([CH3])([SiH3])([SiH3])([SiH3])([SiH3])[C]2(C[Si](C)(C)C)C=CC=C2)C=CC=C1. The van der Waals surface area contributed by atoms with E-state index in [9.17, 15) is 0 Å². The van der Waals surface area contributed by atoms with Gasteiger partial charge in [0.25, 0.3) is 0 Å². The van der Waals surface area contributed by atoms with Gasteiger partial charge in [0.05, 0.1) is 0 Å². The number of allylic oxidation sites excluding steroid dienone is 8. The monoisotopic (exact) mass is 726 g/mol. The Morgan fingerprint density at radius 2 is 0.667 bits per heavy atom. The van der Waals surface area contributed by atoms with Gasteiger partial charge in [-0.15, -0.1) is 0 Å². The third kappa shape index (κ3) is 2.70. The topological polar surface area (TPSA) is 0 Å². The quantitative estimate of drug-likeness (QED) is 0.285. The molecule has 0 unspecified atom stereocenters. The van der Waals surface area contributed by atoms with Crippen LogP contribution in [0.4, 0.5) is 0 Å². The van der Waals surface area contributed by atoms with Crippen molar-refractivity contribution in [3.63, 3.8) is 0 Å². The Bertz CT molecular complexity index is 1360. The van der Waals surface area contributed by atoms with Crippen LogP contribution in [0.3, 0.4) is 0 Å². The fourth-order valence-corrected chi connectivity index (χ4v) is 168. The molecule has 0 aromatic rings. The molecular formula is C26H66HfSi6. The standard InChI is InChI=1S/2C9H15Si.8CH3.Hf.4H3Si/c2*1-10(2,3)8-9-6-4-5-7-9;;;;;;;;;;;;;/h2*4-7H,8H2,1-3H3;8*1H3;;4*1H3. The first-order valence-corrected chi connectivity index (χ1v) is 101. The van der Waals surface area contributed by atoms with Gasteiger partial charge in [0.15, 0.2) is 0 Å². The summed E-state index contributed by atoms with van der Waals surface area (Å²) in [6.45, 7) is 15.7. The molecule has 33 heavy (non-hydrogen) atoms. The van der Waals surface area contributed by atoms with Crippen molar-refractivity contribution in [2.75, 3.05) is 0 Å². The molecule has 2 aliphatic carbocycles. The third-order valence-corrected chi connectivity index (χ3v) is 169. The van der Waals surface area contributed by atoms with Crippen LogP contribution in [0.5, 0.6) is 0 Å². The molecule has 0 saturated carbocycles. The van der Waals surface area contributed by atoms with Gasteiger partial charge in [-0.2, -0.15) is 0 Å². The summed E-state index contributed by atoms with van der Waals surface area (Å²) in [5.41, 5.74) is 0. The van der Waals surface area contributed by atoms with Gasteiger partial charge < -0.3 is 0 Å². The molecule has 2 rings (SSSR count). The van der Waals surface area contributed by atoms with E-state index in [1.54, 1.807) is 0 Å². The van der Waals surface area contributed by atoms with E-state index < -0.39 is 18.1 Å². The van der Waals surface area contributed by atoms with Gasteiger partial charge in [0.2, 0.25) is 0 Å². The predicted octanol–water partition coefficient (Wildman–Crippen LogP) is 6.25. The van der Waals surface area contributed by atoms with E-state index in [1.807, 2.05) is 0 Å². The van der Waals surface area contributed by atoms with Crippen LogP contribution < -0.4 is 0 Å². The fourth-order valence-electron chi connectivity index (χ4n) is 9.82. The van der Waals surface area contributed by atoms with Crippen molar-refractivity contribution in [1.29, 1.82) is 0 Å². The van der Waals surface area contributed by atoms with Crippen LogP contribution in [0.15, 0.2) is 48.6 Å². The normalized spacial score (nSPS) is 39.1. The number of hydrogen-bond acceptors (Lipinski definition) is 0. The molecule has 0 aromatic heterocycles. The molecule has 0 heterocycles. The zero-order chi connectivity index (χ0) is 27.3. The zero-order valence-corrected chi connectivity index (χ0v) is 40.1. The molecule has 0 fully saturated rings. The molecule has 7 heteroatoms. The Labute approximate surface area is 189 Å². The Morgan fingerprint density at radius 1 is 0.485 bits per heavy atom. The van der Waals surface area contributed by atoms with Gasteiger partial charge in [-0.3, -0.25) is 0 Å². The predicted molar refractivity (Wildman–Crippen MR) is 185 cm³/mol. The van der Waals surface area contributed by atoms with Crippen molar-refractivity contribution in [3.05, 3.63) is 48.6 Å². The number of rotatable bonds is 6. The molecule has 0 aliphatic heterocycles. The molecule has 0 nitrogen and oxygen atoms in total.